The Morgan fingerprint density at radius 1 is 1.21 bits per heavy atom. The van der Waals surface area contributed by atoms with Crippen molar-refractivity contribution in [2.45, 2.75) is 57.0 Å². The van der Waals surface area contributed by atoms with Crippen molar-refractivity contribution in [2.24, 2.45) is 0 Å². The highest BCUT2D eigenvalue weighted by Crippen LogP contribution is 2.30. The molecule has 1 aromatic rings. The van der Waals surface area contributed by atoms with Crippen LogP contribution in [0.5, 0.6) is 0 Å². The lowest BCUT2D eigenvalue weighted by atomic mass is 10.0. The Hall–Kier alpha value is -0.580. The number of aryl methyl sites for hydroxylation is 1. The predicted octanol–water partition coefficient (Wildman–Crippen LogP) is 3.60. The number of halogens is 1. The second kappa shape index (κ2) is 5.43. The summed E-state index contributed by atoms with van der Waals surface area (Å²) in [5, 5.41) is 0.596. The van der Waals surface area contributed by atoms with Gasteiger partial charge in [0.15, 0.2) is 0 Å². The van der Waals surface area contributed by atoms with Crippen molar-refractivity contribution in [3.8, 4) is 0 Å². The first kappa shape index (κ1) is 14.8. The minimum absolute atomic E-state index is 0.0599. The number of piperidine rings is 1. The van der Waals surface area contributed by atoms with Crippen LogP contribution in [-0.4, -0.2) is 24.8 Å². The molecule has 1 aliphatic rings. The third kappa shape index (κ3) is 2.81. The zero-order chi connectivity index (χ0) is 14.2. The molecule has 0 unspecified atom stereocenters. The molecule has 0 N–H and O–H groups in total. The van der Waals surface area contributed by atoms with Crippen molar-refractivity contribution >= 4 is 21.6 Å². The minimum atomic E-state index is -3.42. The molecule has 0 saturated carbocycles. The summed E-state index contributed by atoms with van der Waals surface area (Å²) in [5.41, 5.74) is 0.792. The molecular formula is C14H20ClNO2S. The fourth-order valence-corrected chi connectivity index (χ4v) is 4.86. The van der Waals surface area contributed by atoms with Crippen LogP contribution in [0, 0.1) is 6.92 Å². The maximum Gasteiger partial charge on any atom is 0.243 e. The van der Waals surface area contributed by atoms with E-state index in [0.717, 1.165) is 24.8 Å². The summed E-state index contributed by atoms with van der Waals surface area (Å²) in [4.78, 5) is 0.343. The lowest BCUT2D eigenvalue weighted by Gasteiger charge is -2.37. The number of rotatable bonds is 2. The summed E-state index contributed by atoms with van der Waals surface area (Å²) in [6, 6.07) is 5.03. The molecular weight excluding hydrogens is 282 g/mol. The standard InChI is InChI=1S/C14H20ClNO2S/c1-10-9-13(7-8-14(10)15)19(17,18)16-11(2)5-4-6-12(16)3/h7-9,11-12H,4-6H2,1-3H3/t11-,12-/m1/s1. The van der Waals surface area contributed by atoms with Crippen LogP contribution in [0.15, 0.2) is 23.1 Å². The predicted molar refractivity (Wildman–Crippen MR) is 78.0 cm³/mol. The first-order chi connectivity index (χ1) is 8.84. The number of hydrogen-bond donors (Lipinski definition) is 0. The largest absolute Gasteiger partial charge is 0.243 e. The van der Waals surface area contributed by atoms with Crippen LogP contribution >= 0.6 is 11.6 Å². The lowest BCUT2D eigenvalue weighted by molar-refractivity contribution is 0.204. The van der Waals surface area contributed by atoms with Crippen LogP contribution in [0.2, 0.25) is 5.02 Å². The van der Waals surface area contributed by atoms with Gasteiger partial charge in [0.1, 0.15) is 0 Å². The van der Waals surface area contributed by atoms with E-state index in [1.165, 1.54) is 0 Å². The van der Waals surface area contributed by atoms with E-state index in [9.17, 15) is 8.42 Å². The van der Waals surface area contributed by atoms with Crippen LogP contribution in [-0.2, 0) is 10.0 Å². The zero-order valence-electron chi connectivity index (χ0n) is 11.6. The third-order valence-corrected chi connectivity index (χ3v) is 6.37. The molecule has 5 heteroatoms. The van der Waals surface area contributed by atoms with E-state index in [-0.39, 0.29) is 12.1 Å². The maximum atomic E-state index is 12.8. The Morgan fingerprint density at radius 3 is 2.32 bits per heavy atom. The van der Waals surface area contributed by atoms with E-state index in [1.807, 2.05) is 20.8 Å². The SMILES string of the molecule is Cc1cc(S(=O)(=O)N2[C@H](C)CCC[C@H]2C)ccc1Cl. The van der Waals surface area contributed by atoms with Gasteiger partial charge in [0.05, 0.1) is 4.90 Å². The Morgan fingerprint density at radius 2 is 1.79 bits per heavy atom. The summed E-state index contributed by atoms with van der Waals surface area (Å²) in [6.45, 7) is 5.79. The quantitative estimate of drug-likeness (QED) is 0.837. The lowest BCUT2D eigenvalue weighted by Crippen LogP contribution is -2.47. The highest BCUT2D eigenvalue weighted by Gasteiger charge is 2.35. The Kier molecular flexibility index (Phi) is 4.23. The van der Waals surface area contributed by atoms with Gasteiger partial charge in [-0.2, -0.15) is 4.31 Å². The summed E-state index contributed by atoms with van der Waals surface area (Å²) < 4.78 is 27.2. The third-order valence-electron chi connectivity index (χ3n) is 3.82. The van der Waals surface area contributed by atoms with E-state index in [1.54, 1.807) is 22.5 Å². The van der Waals surface area contributed by atoms with Crippen molar-refractivity contribution in [1.82, 2.24) is 4.31 Å². The molecule has 2 atom stereocenters. The van der Waals surface area contributed by atoms with Gasteiger partial charge in [0, 0.05) is 17.1 Å². The molecule has 1 aromatic carbocycles. The van der Waals surface area contributed by atoms with Gasteiger partial charge >= 0.3 is 0 Å². The number of benzene rings is 1. The highest BCUT2D eigenvalue weighted by molar-refractivity contribution is 7.89. The number of sulfonamides is 1. The van der Waals surface area contributed by atoms with E-state index in [0.29, 0.717) is 9.92 Å². The molecule has 0 amide bonds. The van der Waals surface area contributed by atoms with Crippen LogP contribution in [0.3, 0.4) is 0 Å². The van der Waals surface area contributed by atoms with Crippen LogP contribution < -0.4 is 0 Å². The summed E-state index contributed by atoms with van der Waals surface area (Å²) >= 11 is 5.97. The van der Waals surface area contributed by atoms with Gasteiger partial charge in [0.2, 0.25) is 10.0 Å². The number of hydrogen-bond acceptors (Lipinski definition) is 2. The Balaban J connectivity index is 2.43. The smallest absolute Gasteiger partial charge is 0.207 e. The molecule has 1 heterocycles. The monoisotopic (exact) mass is 301 g/mol. The van der Waals surface area contributed by atoms with Gasteiger partial charge in [-0.25, -0.2) is 8.42 Å². The molecule has 19 heavy (non-hydrogen) atoms. The van der Waals surface area contributed by atoms with Gasteiger partial charge in [-0.05, 0) is 57.4 Å². The molecule has 106 valence electrons. The fourth-order valence-electron chi connectivity index (χ4n) is 2.77. The second-order valence-electron chi connectivity index (χ2n) is 5.37. The van der Waals surface area contributed by atoms with E-state index in [4.69, 9.17) is 11.6 Å². The molecule has 1 aliphatic heterocycles. The Labute approximate surface area is 120 Å². The Bertz CT molecular complexity index is 561. The molecule has 0 aliphatic carbocycles. The van der Waals surface area contributed by atoms with Crippen molar-refractivity contribution in [3.05, 3.63) is 28.8 Å². The normalized spacial score (nSPS) is 25.5. The number of nitrogens with zero attached hydrogens (tertiary/aromatic N) is 1. The minimum Gasteiger partial charge on any atom is -0.207 e. The second-order valence-corrected chi connectivity index (χ2v) is 7.63. The van der Waals surface area contributed by atoms with E-state index < -0.39 is 10.0 Å². The molecule has 0 bridgehead atoms. The zero-order valence-corrected chi connectivity index (χ0v) is 13.1. The van der Waals surface area contributed by atoms with Gasteiger partial charge in [-0.15, -0.1) is 0 Å². The summed E-state index contributed by atoms with van der Waals surface area (Å²) in [7, 11) is -3.42. The average molecular weight is 302 g/mol. The molecule has 3 nitrogen and oxygen atoms in total. The molecule has 0 aromatic heterocycles. The van der Waals surface area contributed by atoms with Crippen molar-refractivity contribution in [3.63, 3.8) is 0 Å². The van der Waals surface area contributed by atoms with Crippen molar-refractivity contribution in [1.29, 1.82) is 0 Å². The van der Waals surface area contributed by atoms with Gasteiger partial charge in [-0.1, -0.05) is 18.0 Å². The van der Waals surface area contributed by atoms with Crippen LogP contribution in [0.25, 0.3) is 0 Å². The molecule has 2 rings (SSSR count). The molecule has 1 saturated heterocycles. The molecule has 0 spiro atoms. The molecule has 0 radical (unpaired) electrons. The topological polar surface area (TPSA) is 37.4 Å². The highest BCUT2D eigenvalue weighted by atomic mass is 35.5. The molecule has 1 fully saturated rings. The fraction of sp³-hybridized carbons (Fsp3) is 0.571. The van der Waals surface area contributed by atoms with E-state index >= 15 is 0 Å². The maximum absolute atomic E-state index is 12.8. The average Bonchev–Trinajstić information content (AvgIpc) is 2.32. The summed E-state index contributed by atoms with van der Waals surface area (Å²) in [5.74, 6) is 0. The van der Waals surface area contributed by atoms with Crippen molar-refractivity contribution < 1.29 is 8.42 Å². The summed E-state index contributed by atoms with van der Waals surface area (Å²) in [6.07, 6.45) is 2.94. The van der Waals surface area contributed by atoms with Gasteiger partial charge in [0.25, 0.3) is 0 Å². The first-order valence-electron chi connectivity index (χ1n) is 6.63. The van der Waals surface area contributed by atoms with Crippen molar-refractivity contribution in [2.75, 3.05) is 0 Å². The first-order valence-corrected chi connectivity index (χ1v) is 8.45. The van der Waals surface area contributed by atoms with Crippen LogP contribution in [0.1, 0.15) is 38.7 Å². The van der Waals surface area contributed by atoms with E-state index in [2.05, 4.69) is 0 Å². The van der Waals surface area contributed by atoms with Crippen LogP contribution in [0.4, 0.5) is 0 Å². The van der Waals surface area contributed by atoms with Gasteiger partial charge in [-0.3, -0.25) is 0 Å². The van der Waals surface area contributed by atoms with Gasteiger partial charge < -0.3 is 0 Å².